The van der Waals surface area contributed by atoms with Crippen LogP contribution < -0.4 is 14.2 Å². The number of ether oxygens (including phenoxy) is 3. The van der Waals surface area contributed by atoms with Crippen molar-refractivity contribution < 1.29 is 14.2 Å². The zero-order valence-electron chi connectivity index (χ0n) is 12.3. The predicted octanol–water partition coefficient (Wildman–Crippen LogP) is 1.94. The SMILES string of the molecule is [N-]=[N+]=NCCOc1nc(OCCN=[N+]=[N-])nc(OCCN=[N+]=[N-])n1. The number of azide groups is 3. The van der Waals surface area contributed by atoms with Gasteiger partial charge in [0.2, 0.25) is 0 Å². The molecule has 0 aromatic carbocycles. The van der Waals surface area contributed by atoms with Crippen molar-refractivity contribution in [2.24, 2.45) is 15.3 Å². The van der Waals surface area contributed by atoms with Gasteiger partial charge in [-0.15, -0.1) is 15.0 Å². The third-order valence-electron chi connectivity index (χ3n) is 2.03. The lowest BCUT2D eigenvalue weighted by molar-refractivity contribution is 0.243. The van der Waals surface area contributed by atoms with Crippen LogP contribution in [0.25, 0.3) is 31.3 Å². The number of aromatic nitrogens is 3. The van der Waals surface area contributed by atoms with Crippen LogP contribution in [0, 0.1) is 0 Å². The first kappa shape index (κ1) is 18.4. The molecule has 24 heavy (non-hydrogen) atoms. The second kappa shape index (κ2) is 11.9. The van der Waals surface area contributed by atoms with Crippen LogP contribution in [0.1, 0.15) is 0 Å². The highest BCUT2D eigenvalue weighted by atomic mass is 16.5. The van der Waals surface area contributed by atoms with Crippen molar-refractivity contribution in [1.82, 2.24) is 15.0 Å². The first-order valence-electron chi connectivity index (χ1n) is 6.47. The van der Waals surface area contributed by atoms with E-state index in [4.69, 9.17) is 30.8 Å². The molecule has 0 atom stereocenters. The Bertz CT molecular complexity index is 559. The summed E-state index contributed by atoms with van der Waals surface area (Å²) >= 11 is 0. The molecule has 0 N–H and O–H groups in total. The maximum Gasteiger partial charge on any atom is 0.325 e. The molecule has 0 aliphatic rings. The van der Waals surface area contributed by atoms with Gasteiger partial charge in [-0.25, -0.2) is 0 Å². The van der Waals surface area contributed by atoms with Gasteiger partial charge in [0.25, 0.3) is 0 Å². The fourth-order valence-corrected chi connectivity index (χ4v) is 1.18. The van der Waals surface area contributed by atoms with Crippen molar-refractivity contribution in [3.8, 4) is 18.0 Å². The van der Waals surface area contributed by atoms with Gasteiger partial charge < -0.3 is 14.2 Å². The molecular weight excluding hydrogens is 324 g/mol. The first-order valence-corrected chi connectivity index (χ1v) is 6.47. The normalized spacial score (nSPS) is 9.00. The summed E-state index contributed by atoms with van der Waals surface area (Å²) in [5.74, 6) is 0. The molecule has 0 unspecified atom stereocenters. The van der Waals surface area contributed by atoms with Crippen LogP contribution in [0.5, 0.6) is 18.0 Å². The summed E-state index contributed by atoms with van der Waals surface area (Å²) in [5.41, 5.74) is 24.6. The van der Waals surface area contributed by atoms with Crippen molar-refractivity contribution in [3.63, 3.8) is 0 Å². The Morgan fingerprint density at radius 2 is 0.917 bits per heavy atom. The minimum absolute atomic E-state index is 0.0460. The van der Waals surface area contributed by atoms with Crippen LogP contribution in [0.3, 0.4) is 0 Å². The Hall–Kier alpha value is -3.66. The molecule has 126 valence electrons. The van der Waals surface area contributed by atoms with Crippen molar-refractivity contribution in [2.75, 3.05) is 39.5 Å². The largest absolute Gasteiger partial charge is 0.463 e. The van der Waals surface area contributed by atoms with Gasteiger partial charge in [0.05, 0.1) is 39.5 Å². The van der Waals surface area contributed by atoms with Crippen molar-refractivity contribution >= 4 is 0 Å². The molecule has 15 nitrogen and oxygen atoms in total. The molecule has 0 bridgehead atoms. The highest BCUT2D eigenvalue weighted by molar-refractivity contribution is 5.09. The highest BCUT2D eigenvalue weighted by Crippen LogP contribution is 2.14. The predicted molar refractivity (Wildman–Crippen MR) is 78.4 cm³/mol. The second-order valence-electron chi connectivity index (χ2n) is 3.59. The van der Waals surface area contributed by atoms with Crippen LogP contribution in [0.2, 0.25) is 0 Å². The van der Waals surface area contributed by atoms with Gasteiger partial charge in [0, 0.05) is 14.7 Å². The summed E-state index contributed by atoms with van der Waals surface area (Å²) in [6, 6.07) is -0.304. The smallest absolute Gasteiger partial charge is 0.325 e. The molecule has 15 heteroatoms. The molecule has 0 aliphatic carbocycles. The molecule has 1 heterocycles. The quantitative estimate of drug-likeness (QED) is 0.240. The van der Waals surface area contributed by atoms with E-state index in [1.165, 1.54) is 0 Å². The van der Waals surface area contributed by atoms with Gasteiger partial charge in [-0.1, -0.05) is 15.3 Å². The Morgan fingerprint density at radius 3 is 1.17 bits per heavy atom. The van der Waals surface area contributed by atoms with Crippen LogP contribution >= 0.6 is 0 Å². The van der Waals surface area contributed by atoms with E-state index in [9.17, 15) is 0 Å². The maximum atomic E-state index is 8.19. The molecule has 0 spiro atoms. The van der Waals surface area contributed by atoms with Crippen molar-refractivity contribution in [3.05, 3.63) is 31.3 Å². The fourth-order valence-electron chi connectivity index (χ4n) is 1.18. The van der Waals surface area contributed by atoms with Gasteiger partial charge in [-0.05, 0) is 16.6 Å². The van der Waals surface area contributed by atoms with E-state index in [1.54, 1.807) is 0 Å². The molecule has 1 rings (SSSR count). The van der Waals surface area contributed by atoms with E-state index >= 15 is 0 Å². The summed E-state index contributed by atoms with van der Waals surface area (Å²) in [6.45, 7) is 0.395. The highest BCUT2D eigenvalue weighted by Gasteiger charge is 2.10. The molecular formula is C9H12N12O3. The van der Waals surface area contributed by atoms with E-state index in [-0.39, 0.29) is 57.5 Å². The van der Waals surface area contributed by atoms with Crippen LogP contribution in [-0.2, 0) is 0 Å². The minimum atomic E-state index is -0.101. The molecule has 0 saturated heterocycles. The van der Waals surface area contributed by atoms with Crippen molar-refractivity contribution in [1.29, 1.82) is 0 Å². The number of hydrogen-bond acceptors (Lipinski definition) is 9. The Balaban J connectivity index is 2.72. The standard InChI is InChI=1S/C9H12N12O3/c10-19-13-1-4-22-7-16-8(23-5-2-14-20-11)18-9(17-7)24-6-3-15-21-12/h1-6H2. The van der Waals surface area contributed by atoms with Gasteiger partial charge >= 0.3 is 18.0 Å². The molecule has 1 aromatic heterocycles. The van der Waals surface area contributed by atoms with Crippen molar-refractivity contribution in [2.45, 2.75) is 0 Å². The molecule has 0 fully saturated rings. The molecule has 0 saturated carbocycles. The monoisotopic (exact) mass is 336 g/mol. The molecule has 0 aliphatic heterocycles. The summed E-state index contributed by atoms with van der Waals surface area (Å²) in [4.78, 5) is 19.4. The Labute approximate surface area is 134 Å². The number of rotatable bonds is 12. The maximum absolute atomic E-state index is 8.19. The van der Waals surface area contributed by atoms with E-state index in [1.807, 2.05) is 0 Å². The third kappa shape index (κ3) is 7.95. The van der Waals surface area contributed by atoms with Gasteiger partial charge in [0.15, 0.2) is 0 Å². The van der Waals surface area contributed by atoms with Gasteiger partial charge in [-0.2, -0.15) is 0 Å². The minimum Gasteiger partial charge on any atom is -0.463 e. The first-order chi connectivity index (χ1) is 11.8. The lowest BCUT2D eigenvalue weighted by Gasteiger charge is -2.08. The van der Waals surface area contributed by atoms with E-state index < -0.39 is 0 Å². The summed E-state index contributed by atoms with van der Waals surface area (Å²) in [5, 5.41) is 9.90. The summed E-state index contributed by atoms with van der Waals surface area (Å²) in [6.07, 6.45) is 0. The number of hydrogen-bond donors (Lipinski definition) is 0. The van der Waals surface area contributed by atoms with E-state index in [0.717, 1.165) is 0 Å². The average Bonchev–Trinajstić information content (AvgIpc) is 2.59. The zero-order chi connectivity index (χ0) is 17.5. The van der Waals surface area contributed by atoms with E-state index in [2.05, 4.69) is 45.0 Å². The fraction of sp³-hybridized carbons (Fsp3) is 0.667. The average molecular weight is 336 g/mol. The third-order valence-corrected chi connectivity index (χ3v) is 2.03. The number of nitrogens with zero attached hydrogens (tertiary/aromatic N) is 12. The van der Waals surface area contributed by atoms with Gasteiger partial charge in [0.1, 0.15) is 0 Å². The lowest BCUT2D eigenvalue weighted by atomic mass is 10.7. The topological polar surface area (TPSA) is 213 Å². The zero-order valence-corrected chi connectivity index (χ0v) is 12.3. The summed E-state index contributed by atoms with van der Waals surface area (Å²) < 4.78 is 15.6. The molecule has 0 radical (unpaired) electrons. The Morgan fingerprint density at radius 1 is 0.625 bits per heavy atom. The summed E-state index contributed by atoms with van der Waals surface area (Å²) in [7, 11) is 0. The van der Waals surface area contributed by atoms with Crippen LogP contribution in [0.15, 0.2) is 15.3 Å². The van der Waals surface area contributed by atoms with E-state index in [0.29, 0.717) is 0 Å². The van der Waals surface area contributed by atoms with Gasteiger partial charge in [-0.3, -0.25) is 0 Å². The lowest BCUT2D eigenvalue weighted by Crippen LogP contribution is -2.11. The van der Waals surface area contributed by atoms with Crippen LogP contribution in [0.4, 0.5) is 0 Å². The molecule has 1 aromatic rings. The van der Waals surface area contributed by atoms with Crippen LogP contribution in [-0.4, -0.2) is 54.4 Å². The molecule has 0 amide bonds. The second-order valence-corrected chi connectivity index (χ2v) is 3.59. The Kier molecular flexibility index (Phi) is 9.15.